The molecule has 1 saturated heterocycles. The minimum Gasteiger partial charge on any atom is -0.276 e. The molecular weight excluding hydrogens is 342 g/mol. The number of nitrogens with zero attached hydrogens (tertiary/aromatic N) is 2. The van der Waals surface area contributed by atoms with Gasteiger partial charge in [-0.15, -0.1) is 0 Å². The maximum Gasteiger partial charge on any atom is 0.335 e. The Hall–Kier alpha value is -2.99. The predicted octanol–water partition coefficient (Wildman–Crippen LogP) is 3.25. The van der Waals surface area contributed by atoms with Crippen molar-refractivity contribution < 1.29 is 14.4 Å². The van der Waals surface area contributed by atoms with Crippen molar-refractivity contribution >= 4 is 47.0 Å². The third-order valence-corrected chi connectivity index (χ3v) is 4.01. The van der Waals surface area contributed by atoms with Crippen LogP contribution in [0.1, 0.15) is 5.56 Å². The number of hydrogen-bond donors (Lipinski definition) is 1. The first-order valence-corrected chi connectivity index (χ1v) is 7.89. The van der Waals surface area contributed by atoms with Gasteiger partial charge in [0.2, 0.25) is 5.91 Å². The SMILES string of the molecule is Cc1ccccc1N1C(=O)NC(=O)[C@H](C=Nc2ccc(Cl)cc2)C1=O. The third-order valence-electron chi connectivity index (χ3n) is 3.76. The smallest absolute Gasteiger partial charge is 0.276 e. The number of benzene rings is 2. The van der Waals surface area contributed by atoms with Crippen LogP contribution < -0.4 is 10.2 Å². The summed E-state index contributed by atoms with van der Waals surface area (Å²) in [5, 5.41) is 2.75. The molecule has 0 aliphatic carbocycles. The van der Waals surface area contributed by atoms with Crippen LogP contribution >= 0.6 is 11.6 Å². The van der Waals surface area contributed by atoms with E-state index < -0.39 is 23.8 Å². The van der Waals surface area contributed by atoms with Gasteiger partial charge in [-0.2, -0.15) is 0 Å². The first-order chi connectivity index (χ1) is 12.0. The standard InChI is InChI=1S/C18H14ClN3O3/c1-11-4-2-3-5-15(11)22-17(24)14(16(23)21-18(22)25)10-20-13-8-6-12(19)7-9-13/h2-10,14H,1H3,(H,21,23,25)/t14-/m0/s1. The molecule has 0 saturated carbocycles. The van der Waals surface area contributed by atoms with Gasteiger partial charge in [0.15, 0.2) is 5.92 Å². The Morgan fingerprint density at radius 2 is 1.76 bits per heavy atom. The van der Waals surface area contributed by atoms with Crippen LogP contribution in [0.4, 0.5) is 16.2 Å². The van der Waals surface area contributed by atoms with Crippen molar-refractivity contribution in [2.45, 2.75) is 6.92 Å². The Balaban J connectivity index is 1.90. The molecule has 1 heterocycles. The second kappa shape index (κ2) is 6.86. The van der Waals surface area contributed by atoms with Crippen molar-refractivity contribution in [3.8, 4) is 0 Å². The maximum absolute atomic E-state index is 12.7. The lowest BCUT2D eigenvalue weighted by Gasteiger charge is -2.29. The van der Waals surface area contributed by atoms with Crippen molar-refractivity contribution in [2.24, 2.45) is 10.9 Å². The molecule has 1 aliphatic heterocycles. The van der Waals surface area contributed by atoms with E-state index in [2.05, 4.69) is 10.3 Å². The summed E-state index contributed by atoms with van der Waals surface area (Å²) in [7, 11) is 0. The molecule has 3 rings (SSSR count). The number of urea groups is 1. The average molecular weight is 356 g/mol. The fourth-order valence-electron chi connectivity index (χ4n) is 2.45. The molecule has 0 spiro atoms. The molecule has 1 N–H and O–H groups in total. The van der Waals surface area contributed by atoms with E-state index in [0.29, 0.717) is 16.4 Å². The quantitative estimate of drug-likeness (QED) is 0.678. The number of para-hydroxylation sites is 1. The van der Waals surface area contributed by atoms with E-state index in [1.165, 1.54) is 6.21 Å². The summed E-state index contributed by atoms with van der Waals surface area (Å²) in [5.74, 6) is -2.52. The van der Waals surface area contributed by atoms with Crippen molar-refractivity contribution in [3.05, 3.63) is 59.1 Å². The number of amides is 4. The molecule has 25 heavy (non-hydrogen) atoms. The monoisotopic (exact) mass is 355 g/mol. The first-order valence-electron chi connectivity index (χ1n) is 7.51. The Kier molecular flexibility index (Phi) is 4.63. The molecule has 1 atom stereocenters. The predicted molar refractivity (Wildman–Crippen MR) is 95.3 cm³/mol. The minimum atomic E-state index is -1.19. The molecule has 2 aromatic rings. The molecule has 1 aliphatic rings. The highest BCUT2D eigenvalue weighted by molar-refractivity contribution is 6.33. The zero-order valence-corrected chi connectivity index (χ0v) is 14.0. The highest BCUT2D eigenvalue weighted by Crippen LogP contribution is 2.24. The molecule has 2 aromatic carbocycles. The van der Waals surface area contributed by atoms with Crippen LogP contribution in [0.2, 0.25) is 5.02 Å². The van der Waals surface area contributed by atoms with Crippen molar-refractivity contribution in [2.75, 3.05) is 4.90 Å². The van der Waals surface area contributed by atoms with Crippen LogP contribution in [-0.4, -0.2) is 24.1 Å². The topological polar surface area (TPSA) is 78.8 Å². The molecule has 0 bridgehead atoms. The van der Waals surface area contributed by atoms with Crippen LogP contribution in [0.15, 0.2) is 53.5 Å². The highest BCUT2D eigenvalue weighted by Gasteiger charge is 2.40. The molecule has 0 unspecified atom stereocenters. The zero-order chi connectivity index (χ0) is 18.0. The summed E-state index contributed by atoms with van der Waals surface area (Å²) < 4.78 is 0. The first kappa shape index (κ1) is 16.9. The van der Waals surface area contributed by atoms with Gasteiger partial charge in [-0.05, 0) is 42.8 Å². The Labute approximate surface area is 149 Å². The number of carbonyl (C=O) groups is 3. The number of aliphatic imine (C=N–C) groups is 1. The normalized spacial score (nSPS) is 17.9. The summed E-state index contributed by atoms with van der Waals surface area (Å²) in [6, 6.07) is 12.8. The molecule has 7 heteroatoms. The van der Waals surface area contributed by atoms with E-state index >= 15 is 0 Å². The average Bonchev–Trinajstić information content (AvgIpc) is 2.57. The van der Waals surface area contributed by atoms with Gasteiger partial charge in [-0.1, -0.05) is 29.8 Å². The maximum atomic E-state index is 12.7. The van der Waals surface area contributed by atoms with Crippen molar-refractivity contribution in [3.63, 3.8) is 0 Å². The van der Waals surface area contributed by atoms with Gasteiger partial charge < -0.3 is 0 Å². The number of hydrogen-bond acceptors (Lipinski definition) is 4. The zero-order valence-electron chi connectivity index (χ0n) is 13.3. The van der Waals surface area contributed by atoms with Gasteiger partial charge in [-0.25, -0.2) is 9.69 Å². The largest absolute Gasteiger partial charge is 0.335 e. The van der Waals surface area contributed by atoms with E-state index in [1.807, 2.05) is 0 Å². The van der Waals surface area contributed by atoms with E-state index in [9.17, 15) is 14.4 Å². The molecular formula is C18H14ClN3O3. The fraction of sp³-hybridized carbons (Fsp3) is 0.111. The fourth-order valence-corrected chi connectivity index (χ4v) is 2.58. The summed E-state index contributed by atoms with van der Waals surface area (Å²) in [6.07, 6.45) is 1.23. The molecule has 0 radical (unpaired) electrons. The number of halogens is 1. The van der Waals surface area contributed by atoms with Crippen molar-refractivity contribution in [1.29, 1.82) is 0 Å². The lowest BCUT2D eigenvalue weighted by atomic mass is 10.0. The number of barbiturate groups is 1. The van der Waals surface area contributed by atoms with Gasteiger partial charge in [-0.3, -0.25) is 19.9 Å². The number of anilines is 1. The molecule has 4 amide bonds. The summed E-state index contributed by atoms with van der Waals surface area (Å²) in [6.45, 7) is 1.78. The molecule has 1 fully saturated rings. The van der Waals surface area contributed by atoms with E-state index in [4.69, 9.17) is 11.6 Å². The highest BCUT2D eigenvalue weighted by atomic mass is 35.5. The lowest BCUT2D eigenvalue weighted by Crippen LogP contribution is -2.58. The van der Waals surface area contributed by atoms with E-state index in [0.717, 1.165) is 10.5 Å². The van der Waals surface area contributed by atoms with Crippen LogP contribution in [0.25, 0.3) is 0 Å². The van der Waals surface area contributed by atoms with Gasteiger partial charge in [0.1, 0.15) is 0 Å². The Morgan fingerprint density at radius 3 is 2.44 bits per heavy atom. The number of nitrogens with one attached hydrogen (secondary N) is 1. The summed E-state index contributed by atoms with van der Waals surface area (Å²) in [5.41, 5.74) is 1.72. The second-order valence-corrected chi connectivity index (χ2v) is 5.92. The lowest BCUT2D eigenvalue weighted by molar-refractivity contribution is -0.131. The van der Waals surface area contributed by atoms with Gasteiger partial charge in [0, 0.05) is 11.2 Å². The Morgan fingerprint density at radius 1 is 1.08 bits per heavy atom. The number of carbonyl (C=O) groups excluding carboxylic acids is 3. The number of aryl methyl sites for hydroxylation is 1. The summed E-state index contributed by atoms with van der Waals surface area (Å²) >= 11 is 5.81. The van der Waals surface area contributed by atoms with E-state index in [-0.39, 0.29) is 0 Å². The minimum absolute atomic E-state index is 0.433. The molecule has 126 valence electrons. The second-order valence-electron chi connectivity index (χ2n) is 5.49. The van der Waals surface area contributed by atoms with Crippen LogP contribution in [0.3, 0.4) is 0 Å². The number of rotatable bonds is 3. The van der Waals surface area contributed by atoms with E-state index in [1.54, 1.807) is 55.5 Å². The summed E-state index contributed by atoms with van der Waals surface area (Å²) in [4.78, 5) is 42.0. The van der Waals surface area contributed by atoms with Gasteiger partial charge in [0.25, 0.3) is 5.91 Å². The third kappa shape index (κ3) is 3.44. The van der Waals surface area contributed by atoms with Crippen LogP contribution in [0.5, 0.6) is 0 Å². The molecule has 6 nitrogen and oxygen atoms in total. The van der Waals surface area contributed by atoms with Gasteiger partial charge >= 0.3 is 6.03 Å². The van der Waals surface area contributed by atoms with Gasteiger partial charge in [0.05, 0.1) is 11.4 Å². The number of imide groups is 2. The Bertz CT molecular complexity index is 877. The van der Waals surface area contributed by atoms with Crippen molar-refractivity contribution in [1.82, 2.24) is 5.32 Å². The molecule has 0 aromatic heterocycles. The van der Waals surface area contributed by atoms with Crippen LogP contribution in [-0.2, 0) is 9.59 Å². The van der Waals surface area contributed by atoms with Crippen LogP contribution in [0, 0.1) is 12.8 Å².